The molecule has 2 aliphatic heterocycles. The van der Waals surface area contributed by atoms with Crippen LogP contribution in [-0.2, 0) is 11.2 Å². The van der Waals surface area contributed by atoms with Crippen LogP contribution in [0.1, 0.15) is 11.3 Å². The largest absolute Gasteiger partial charge is 0.361 e. The van der Waals surface area contributed by atoms with E-state index in [4.69, 9.17) is 0 Å². The molecule has 2 unspecified atom stereocenters. The van der Waals surface area contributed by atoms with E-state index in [1.165, 1.54) is 0 Å². The van der Waals surface area contributed by atoms with Crippen molar-refractivity contribution in [1.29, 1.82) is 0 Å². The molecule has 2 fully saturated rings. The highest BCUT2D eigenvalue weighted by Gasteiger charge is 2.41. The Morgan fingerprint density at radius 2 is 1.93 bits per heavy atom. The van der Waals surface area contributed by atoms with Crippen LogP contribution in [0.2, 0.25) is 0 Å². The number of hydrogen-bond acceptors (Lipinski definition) is 4. The Morgan fingerprint density at radius 3 is 2.70 bits per heavy atom. The molecule has 1 amide bonds. The first-order valence-electron chi connectivity index (χ1n) is 9.54. The average molecular weight is 361 g/mol. The number of amides is 1. The molecule has 0 bridgehead atoms. The molecule has 0 saturated carbocycles. The molecule has 4 heterocycles. The van der Waals surface area contributed by atoms with E-state index in [-0.39, 0.29) is 5.91 Å². The van der Waals surface area contributed by atoms with Gasteiger partial charge in [0.25, 0.3) is 0 Å². The zero-order valence-electron chi connectivity index (χ0n) is 15.4. The van der Waals surface area contributed by atoms with Crippen molar-refractivity contribution >= 4 is 22.6 Å². The summed E-state index contributed by atoms with van der Waals surface area (Å²) >= 11 is 0. The molecular weight excluding hydrogens is 338 g/mol. The van der Waals surface area contributed by atoms with E-state index < -0.39 is 0 Å². The number of para-hydroxylation sites is 1. The lowest BCUT2D eigenvalue weighted by atomic mass is 10.0. The van der Waals surface area contributed by atoms with Gasteiger partial charge in [0.2, 0.25) is 5.91 Å². The molecule has 1 N–H and O–H groups in total. The minimum absolute atomic E-state index is 0.235. The highest BCUT2D eigenvalue weighted by molar-refractivity contribution is 5.89. The van der Waals surface area contributed by atoms with Crippen LogP contribution in [0.15, 0.2) is 42.9 Å². The van der Waals surface area contributed by atoms with Crippen LogP contribution in [-0.4, -0.2) is 51.9 Å². The van der Waals surface area contributed by atoms with Gasteiger partial charge in [0.05, 0.1) is 6.42 Å². The highest BCUT2D eigenvalue weighted by Crippen LogP contribution is 2.33. The van der Waals surface area contributed by atoms with Gasteiger partial charge in [0, 0.05) is 66.9 Å². The van der Waals surface area contributed by atoms with Gasteiger partial charge in [-0.3, -0.25) is 4.79 Å². The fourth-order valence-corrected chi connectivity index (χ4v) is 4.55. The van der Waals surface area contributed by atoms with Crippen LogP contribution in [0.4, 0.5) is 5.82 Å². The van der Waals surface area contributed by atoms with Crippen molar-refractivity contribution in [2.45, 2.75) is 13.3 Å². The van der Waals surface area contributed by atoms with E-state index in [0.717, 1.165) is 54.2 Å². The summed E-state index contributed by atoms with van der Waals surface area (Å²) in [6.07, 6.45) is 4.08. The van der Waals surface area contributed by atoms with E-state index in [1.807, 2.05) is 37.4 Å². The number of nitrogens with one attached hydrogen (secondary N) is 1. The fraction of sp³-hybridized carbons (Fsp3) is 0.381. The maximum Gasteiger partial charge on any atom is 0.227 e. The predicted molar refractivity (Wildman–Crippen MR) is 105 cm³/mol. The zero-order valence-corrected chi connectivity index (χ0v) is 15.4. The SMILES string of the molecule is Cc1cc(N2CC3CN(C(=O)Cc4c[nH]c5ccccc45)CC3C2)ncn1. The van der Waals surface area contributed by atoms with E-state index in [0.29, 0.717) is 18.3 Å². The smallest absolute Gasteiger partial charge is 0.227 e. The molecule has 1 aromatic carbocycles. The quantitative estimate of drug-likeness (QED) is 0.778. The molecule has 6 nitrogen and oxygen atoms in total. The number of nitrogens with zero attached hydrogens (tertiary/aromatic N) is 4. The van der Waals surface area contributed by atoms with E-state index in [1.54, 1.807) is 6.33 Å². The topological polar surface area (TPSA) is 65.1 Å². The number of benzene rings is 1. The molecule has 3 aromatic rings. The average Bonchev–Trinajstić information content (AvgIpc) is 3.35. The summed E-state index contributed by atoms with van der Waals surface area (Å²) in [7, 11) is 0. The molecular formula is C21H23N5O. The Kier molecular flexibility index (Phi) is 3.85. The summed E-state index contributed by atoms with van der Waals surface area (Å²) in [5.74, 6) is 2.31. The predicted octanol–water partition coefficient (Wildman–Crippen LogP) is 2.40. The molecule has 0 radical (unpaired) electrons. The molecule has 2 aliphatic rings. The second kappa shape index (κ2) is 6.37. The Labute approximate surface area is 158 Å². The summed E-state index contributed by atoms with van der Waals surface area (Å²) in [6.45, 7) is 5.64. The van der Waals surface area contributed by atoms with Crippen molar-refractivity contribution in [2.75, 3.05) is 31.1 Å². The summed E-state index contributed by atoms with van der Waals surface area (Å²) in [5, 5.41) is 1.15. The van der Waals surface area contributed by atoms with Gasteiger partial charge >= 0.3 is 0 Å². The van der Waals surface area contributed by atoms with Gasteiger partial charge in [-0.05, 0) is 18.6 Å². The van der Waals surface area contributed by atoms with Crippen molar-refractivity contribution in [3.05, 3.63) is 54.1 Å². The van der Waals surface area contributed by atoms with Crippen molar-refractivity contribution in [3.63, 3.8) is 0 Å². The van der Waals surface area contributed by atoms with Crippen LogP contribution in [0.3, 0.4) is 0 Å². The van der Waals surface area contributed by atoms with Crippen molar-refractivity contribution in [1.82, 2.24) is 19.9 Å². The Bertz CT molecular complexity index is 983. The molecule has 27 heavy (non-hydrogen) atoms. The Hall–Kier alpha value is -2.89. The number of aromatic nitrogens is 3. The first kappa shape index (κ1) is 16.3. The van der Waals surface area contributed by atoms with Crippen LogP contribution >= 0.6 is 0 Å². The second-order valence-corrected chi connectivity index (χ2v) is 7.78. The Balaban J connectivity index is 1.24. The minimum atomic E-state index is 0.235. The van der Waals surface area contributed by atoms with Gasteiger partial charge < -0.3 is 14.8 Å². The number of fused-ring (bicyclic) bond motifs is 2. The summed E-state index contributed by atoms with van der Waals surface area (Å²) < 4.78 is 0. The standard InChI is InChI=1S/C21H23N5O/c1-14-6-20(24-13-23-14)25-9-16-11-26(12-17(16)10-25)21(27)7-15-8-22-19-5-3-2-4-18(15)19/h2-6,8,13,16-17,22H,7,9-12H2,1H3. The van der Waals surface area contributed by atoms with Gasteiger partial charge in [-0.1, -0.05) is 18.2 Å². The van der Waals surface area contributed by atoms with Crippen molar-refractivity contribution in [3.8, 4) is 0 Å². The molecule has 0 aliphatic carbocycles. The first-order valence-corrected chi connectivity index (χ1v) is 9.54. The normalized spacial score (nSPS) is 21.8. The molecule has 138 valence electrons. The molecule has 5 rings (SSSR count). The van der Waals surface area contributed by atoms with Crippen LogP contribution in [0.25, 0.3) is 10.9 Å². The lowest BCUT2D eigenvalue weighted by molar-refractivity contribution is -0.129. The van der Waals surface area contributed by atoms with Crippen LogP contribution < -0.4 is 4.90 Å². The highest BCUT2D eigenvalue weighted by atomic mass is 16.2. The molecule has 6 heteroatoms. The monoisotopic (exact) mass is 361 g/mol. The number of anilines is 1. The molecule has 0 spiro atoms. The second-order valence-electron chi connectivity index (χ2n) is 7.78. The summed E-state index contributed by atoms with van der Waals surface area (Å²) in [5.41, 5.74) is 3.17. The molecule has 2 saturated heterocycles. The summed E-state index contributed by atoms with van der Waals surface area (Å²) in [6, 6.07) is 10.2. The number of carbonyl (C=O) groups excluding carboxylic acids is 1. The lowest BCUT2D eigenvalue weighted by Gasteiger charge is -2.22. The molecule has 2 aromatic heterocycles. The first-order chi connectivity index (χ1) is 13.2. The number of rotatable bonds is 3. The van der Waals surface area contributed by atoms with Crippen molar-refractivity contribution in [2.24, 2.45) is 11.8 Å². The molecule has 2 atom stereocenters. The maximum absolute atomic E-state index is 12.9. The number of carbonyl (C=O) groups is 1. The van der Waals surface area contributed by atoms with E-state index >= 15 is 0 Å². The van der Waals surface area contributed by atoms with E-state index in [9.17, 15) is 4.79 Å². The minimum Gasteiger partial charge on any atom is -0.361 e. The van der Waals surface area contributed by atoms with Gasteiger partial charge in [0.15, 0.2) is 0 Å². The fourth-order valence-electron chi connectivity index (χ4n) is 4.55. The van der Waals surface area contributed by atoms with Gasteiger partial charge in [0.1, 0.15) is 12.1 Å². The van der Waals surface area contributed by atoms with Crippen LogP contribution in [0, 0.1) is 18.8 Å². The van der Waals surface area contributed by atoms with Gasteiger partial charge in [-0.25, -0.2) is 9.97 Å². The van der Waals surface area contributed by atoms with Gasteiger partial charge in [-0.2, -0.15) is 0 Å². The maximum atomic E-state index is 12.9. The van der Waals surface area contributed by atoms with E-state index in [2.05, 4.69) is 30.8 Å². The summed E-state index contributed by atoms with van der Waals surface area (Å²) in [4.78, 5) is 29.1. The van der Waals surface area contributed by atoms with Crippen molar-refractivity contribution < 1.29 is 4.79 Å². The number of H-pyrrole nitrogens is 1. The van der Waals surface area contributed by atoms with Crippen LogP contribution in [0.5, 0.6) is 0 Å². The number of hydrogen-bond donors (Lipinski definition) is 1. The number of aromatic amines is 1. The third-order valence-corrected chi connectivity index (χ3v) is 5.97. The zero-order chi connectivity index (χ0) is 18.4. The Morgan fingerprint density at radius 1 is 1.15 bits per heavy atom. The number of likely N-dealkylation sites (tertiary alicyclic amines) is 1. The third-order valence-electron chi connectivity index (χ3n) is 5.97. The van der Waals surface area contributed by atoms with Gasteiger partial charge in [-0.15, -0.1) is 0 Å². The third kappa shape index (κ3) is 2.95. The lowest BCUT2D eigenvalue weighted by Crippen LogP contribution is -2.34. The number of aryl methyl sites for hydroxylation is 1.